The van der Waals surface area contributed by atoms with Crippen LogP contribution in [0.25, 0.3) is 33.7 Å². The number of halogens is 2. The number of aromatic nitrogens is 5. The molecule has 0 atom stereocenters. The summed E-state index contributed by atoms with van der Waals surface area (Å²) in [6, 6.07) is 19.6. The minimum Gasteiger partial charge on any atom is -0.352 e. The van der Waals surface area contributed by atoms with E-state index < -0.39 is 0 Å². The first kappa shape index (κ1) is 23.7. The maximum atomic E-state index is 13.6. The van der Waals surface area contributed by atoms with Gasteiger partial charge in [-0.15, -0.1) is 5.10 Å². The lowest BCUT2D eigenvalue weighted by atomic mass is 10.2. The number of carbonyl (C=O) groups excluding carboxylic acids is 1. The Labute approximate surface area is 217 Å². The summed E-state index contributed by atoms with van der Waals surface area (Å²) in [6.07, 6.45) is 1.57. The molecule has 2 aromatic heterocycles. The zero-order valence-electron chi connectivity index (χ0n) is 20.3. The number of para-hydroxylation sites is 1. The largest absolute Gasteiger partial charge is 0.352 e. The van der Waals surface area contributed by atoms with Gasteiger partial charge in [0, 0.05) is 42.7 Å². The SMILES string of the molecule is O=C(Cn1nc(-c2ccc(F)cc2)nc1-c1ccc(F)cc1)N1CCN(c2ncnc3ccccc23)CC1. The zero-order chi connectivity index (χ0) is 26.1. The van der Waals surface area contributed by atoms with E-state index >= 15 is 0 Å². The molecular formula is C28H23F2N7O. The Hall–Kier alpha value is -4.73. The molecule has 8 nitrogen and oxygen atoms in total. The molecule has 0 saturated carbocycles. The third-order valence-corrected chi connectivity index (χ3v) is 6.62. The highest BCUT2D eigenvalue weighted by atomic mass is 19.1. The molecule has 1 fully saturated rings. The van der Waals surface area contributed by atoms with E-state index in [1.165, 1.54) is 28.9 Å². The van der Waals surface area contributed by atoms with E-state index in [9.17, 15) is 13.6 Å². The van der Waals surface area contributed by atoms with E-state index in [0.29, 0.717) is 49.0 Å². The summed E-state index contributed by atoms with van der Waals surface area (Å²) >= 11 is 0. The fraction of sp³-hybridized carbons (Fsp3) is 0.179. The van der Waals surface area contributed by atoms with E-state index in [0.717, 1.165) is 16.7 Å². The molecule has 3 aromatic carbocycles. The van der Waals surface area contributed by atoms with Crippen molar-refractivity contribution in [2.45, 2.75) is 6.54 Å². The van der Waals surface area contributed by atoms with Crippen LogP contribution < -0.4 is 4.90 Å². The molecule has 38 heavy (non-hydrogen) atoms. The predicted octanol–water partition coefficient (Wildman–Crippen LogP) is 4.18. The quantitative estimate of drug-likeness (QED) is 0.352. The number of hydrogen-bond donors (Lipinski definition) is 0. The van der Waals surface area contributed by atoms with Gasteiger partial charge in [-0.05, 0) is 60.7 Å². The molecule has 190 valence electrons. The van der Waals surface area contributed by atoms with Crippen molar-refractivity contribution in [3.63, 3.8) is 0 Å². The van der Waals surface area contributed by atoms with Gasteiger partial charge in [-0.2, -0.15) is 0 Å². The maximum Gasteiger partial charge on any atom is 0.244 e. The van der Waals surface area contributed by atoms with Crippen LogP contribution in [-0.4, -0.2) is 61.7 Å². The lowest BCUT2D eigenvalue weighted by Gasteiger charge is -2.35. The summed E-state index contributed by atoms with van der Waals surface area (Å²) in [5.74, 6) is 0.819. The van der Waals surface area contributed by atoms with Gasteiger partial charge in [0.15, 0.2) is 11.6 Å². The molecule has 3 heterocycles. The Bertz CT molecular complexity index is 1590. The Balaban J connectivity index is 1.21. The number of rotatable bonds is 5. The van der Waals surface area contributed by atoms with Crippen LogP contribution >= 0.6 is 0 Å². The van der Waals surface area contributed by atoms with Crippen molar-refractivity contribution in [1.29, 1.82) is 0 Å². The van der Waals surface area contributed by atoms with Crippen molar-refractivity contribution in [3.05, 3.63) is 90.8 Å². The number of nitrogens with zero attached hydrogens (tertiary/aromatic N) is 7. The van der Waals surface area contributed by atoms with Gasteiger partial charge in [-0.1, -0.05) is 12.1 Å². The maximum absolute atomic E-state index is 13.6. The van der Waals surface area contributed by atoms with Gasteiger partial charge in [-0.25, -0.2) is 28.4 Å². The fourth-order valence-corrected chi connectivity index (χ4v) is 4.62. The number of carbonyl (C=O) groups is 1. The highest BCUT2D eigenvalue weighted by Gasteiger charge is 2.25. The van der Waals surface area contributed by atoms with Crippen molar-refractivity contribution in [3.8, 4) is 22.8 Å². The normalized spacial score (nSPS) is 13.7. The average Bonchev–Trinajstić information content (AvgIpc) is 3.37. The molecule has 10 heteroatoms. The molecule has 1 saturated heterocycles. The van der Waals surface area contributed by atoms with Crippen LogP contribution in [0.2, 0.25) is 0 Å². The Morgan fingerprint density at radius 2 is 1.45 bits per heavy atom. The molecular weight excluding hydrogens is 488 g/mol. The van der Waals surface area contributed by atoms with Crippen LogP contribution in [0.5, 0.6) is 0 Å². The Morgan fingerprint density at radius 3 is 2.16 bits per heavy atom. The summed E-state index contributed by atoms with van der Waals surface area (Å²) in [5, 5.41) is 5.54. The molecule has 0 spiro atoms. The van der Waals surface area contributed by atoms with Gasteiger partial charge >= 0.3 is 0 Å². The van der Waals surface area contributed by atoms with E-state index in [4.69, 9.17) is 0 Å². The number of amides is 1. The van der Waals surface area contributed by atoms with E-state index in [-0.39, 0.29) is 24.1 Å². The summed E-state index contributed by atoms with van der Waals surface area (Å²) in [6.45, 7) is 2.30. The fourth-order valence-electron chi connectivity index (χ4n) is 4.62. The lowest BCUT2D eigenvalue weighted by molar-refractivity contribution is -0.132. The molecule has 1 aliphatic heterocycles. The van der Waals surface area contributed by atoms with Crippen molar-refractivity contribution in [2.24, 2.45) is 0 Å². The highest BCUT2D eigenvalue weighted by Crippen LogP contribution is 2.25. The average molecular weight is 512 g/mol. The van der Waals surface area contributed by atoms with Gasteiger partial charge < -0.3 is 9.80 Å². The predicted molar refractivity (Wildman–Crippen MR) is 139 cm³/mol. The zero-order valence-corrected chi connectivity index (χ0v) is 20.3. The van der Waals surface area contributed by atoms with Crippen LogP contribution in [0, 0.1) is 11.6 Å². The van der Waals surface area contributed by atoms with Crippen LogP contribution in [0.3, 0.4) is 0 Å². The van der Waals surface area contributed by atoms with E-state index in [1.54, 1.807) is 35.5 Å². The minimum atomic E-state index is -0.371. The molecule has 6 rings (SSSR count). The van der Waals surface area contributed by atoms with Crippen LogP contribution in [0.4, 0.5) is 14.6 Å². The second-order valence-electron chi connectivity index (χ2n) is 9.01. The second kappa shape index (κ2) is 9.97. The number of anilines is 1. The van der Waals surface area contributed by atoms with Crippen molar-refractivity contribution >= 4 is 22.6 Å². The summed E-state index contributed by atoms with van der Waals surface area (Å²) < 4.78 is 28.5. The minimum absolute atomic E-state index is 0.0304. The molecule has 1 aliphatic rings. The first-order valence-corrected chi connectivity index (χ1v) is 12.2. The van der Waals surface area contributed by atoms with Gasteiger partial charge in [0.05, 0.1) is 5.52 Å². The number of benzene rings is 3. The highest BCUT2D eigenvalue weighted by molar-refractivity contribution is 5.89. The summed E-state index contributed by atoms with van der Waals surface area (Å²) in [5.41, 5.74) is 2.12. The van der Waals surface area contributed by atoms with Gasteiger partial charge in [0.2, 0.25) is 5.91 Å². The van der Waals surface area contributed by atoms with Crippen molar-refractivity contribution in [2.75, 3.05) is 31.1 Å². The Morgan fingerprint density at radius 1 is 0.789 bits per heavy atom. The molecule has 1 amide bonds. The van der Waals surface area contributed by atoms with Gasteiger partial charge in [0.25, 0.3) is 0 Å². The molecule has 0 aliphatic carbocycles. The smallest absolute Gasteiger partial charge is 0.244 e. The van der Waals surface area contributed by atoms with Crippen LogP contribution in [0.1, 0.15) is 0 Å². The third-order valence-electron chi connectivity index (χ3n) is 6.62. The van der Waals surface area contributed by atoms with E-state index in [1.807, 2.05) is 24.3 Å². The second-order valence-corrected chi connectivity index (χ2v) is 9.01. The van der Waals surface area contributed by atoms with Crippen molar-refractivity contribution < 1.29 is 13.6 Å². The summed E-state index contributed by atoms with van der Waals surface area (Å²) in [4.78, 5) is 30.7. The number of fused-ring (bicyclic) bond motifs is 1. The van der Waals surface area contributed by atoms with Gasteiger partial charge in [0.1, 0.15) is 30.3 Å². The topological polar surface area (TPSA) is 80.0 Å². The molecule has 0 radical (unpaired) electrons. The lowest BCUT2D eigenvalue weighted by Crippen LogP contribution is -2.50. The number of hydrogen-bond acceptors (Lipinski definition) is 6. The monoisotopic (exact) mass is 511 g/mol. The summed E-state index contributed by atoms with van der Waals surface area (Å²) in [7, 11) is 0. The van der Waals surface area contributed by atoms with E-state index in [2.05, 4.69) is 25.0 Å². The van der Waals surface area contributed by atoms with Crippen LogP contribution in [0.15, 0.2) is 79.1 Å². The number of piperazine rings is 1. The van der Waals surface area contributed by atoms with Crippen molar-refractivity contribution in [1.82, 2.24) is 29.6 Å². The first-order chi connectivity index (χ1) is 18.5. The molecule has 5 aromatic rings. The molecule has 0 bridgehead atoms. The molecule has 0 unspecified atom stereocenters. The van der Waals surface area contributed by atoms with Crippen LogP contribution in [-0.2, 0) is 11.3 Å². The van der Waals surface area contributed by atoms with Gasteiger partial charge in [-0.3, -0.25) is 4.79 Å². The standard InChI is InChI=1S/C28H23F2N7O/c29-21-9-5-19(6-10-21)26-33-27(20-7-11-22(30)12-8-20)37(34-26)17-25(38)35-13-15-36(16-14-35)28-23-3-1-2-4-24(23)31-18-32-28/h1-12,18H,13-17H2. The third kappa shape index (κ3) is 4.68. The molecule has 0 N–H and O–H groups in total. The Kier molecular flexibility index (Phi) is 6.20. The first-order valence-electron chi connectivity index (χ1n) is 12.2.